The molecule has 23 heavy (non-hydrogen) atoms. The van der Waals surface area contributed by atoms with Crippen LogP contribution in [0.15, 0.2) is 0 Å². The zero-order valence-corrected chi connectivity index (χ0v) is 13.8. The maximum absolute atomic E-state index is 12.1. The second-order valence-corrected chi connectivity index (χ2v) is 6.11. The summed E-state index contributed by atoms with van der Waals surface area (Å²) in [6.45, 7) is 2.35. The molecule has 1 unspecified atom stereocenters. The monoisotopic (exact) mass is 354 g/mol. The van der Waals surface area contributed by atoms with Gasteiger partial charge in [-0.15, -0.1) is 4.28 Å². The predicted octanol–water partition coefficient (Wildman–Crippen LogP) is -1.06. The van der Waals surface area contributed by atoms with Crippen molar-refractivity contribution in [2.24, 2.45) is 0 Å². The Balaban J connectivity index is 2.56. The number of likely N-dealkylation sites (tertiary alicyclic amines) is 1. The molecule has 0 spiro atoms. The van der Waals surface area contributed by atoms with Gasteiger partial charge >= 0.3 is 16.4 Å². The van der Waals surface area contributed by atoms with Crippen molar-refractivity contribution in [2.75, 3.05) is 20.2 Å². The van der Waals surface area contributed by atoms with E-state index in [9.17, 15) is 18.0 Å². The highest BCUT2D eigenvalue weighted by Crippen LogP contribution is 2.17. The largest absolute Gasteiger partial charge is 0.418 e. The number of hydroxylamine groups is 2. The van der Waals surface area contributed by atoms with Gasteiger partial charge in [-0.3, -0.25) is 14.2 Å². The van der Waals surface area contributed by atoms with Crippen LogP contribution in [-0.4, -0.2) is 62.1 Å². The van der Waals surface area contributed by atoms with Gasteiger partial charge in [0.2, 0.25) is 0 Å². The Labute approximate surface area is 134 Å². The molecule has 2 atom stereocenters. The minimum atomic E-state index is -4.81. The predicted molar refractivity (Wildman–Crippen MR) is 78.1 cm³/mol. The van der Waals surface area contributed by atoms with E-state index in [1.54, 1.807) is 12.5 Å². The molecule has 11 nitrogen and oxygen atoms in total. The van der Waals surface area contributed by atoms with Crippen LogP contribution in [0.5, 0.6) is 0 Å². The number of carbonyl (C=O) groups excluding carboxylic acids is 2. The van der Waals surface area contributed by atoms with Crippen LogP contribution in [0.3, 0.4) is 0 Å². The third-order valence-corrected chi connectivity index (χ3v) is 3.59. The van der Waals surface area contributed by atoms with E-state index in [4.69, 9.17) is 9.39 Å². The number of hydrogen-bond donors (Lipinski definition) is 4. The second kappa shape index (κ2) is 8.98. The summed E-state index contributed by atoms with van der Waals surface area (Å²) in [6, 6.07) is -1.73. The molecule has 0 aromatic carbocycles. The number of amides is 3. The summed E-state index contributed by atoms with van der Waals surface area (Å²) >= 11 is 0. The van der Waals surface area contributed by atoms with Crippen molar-refractivity contribution in [3.8, 4) is 0 Å². The lowest BCUT2D eigenvalue weighted by Gasteiger charge is -2.33. The van der Waals surface area contributed by atoms with Crippen LogP contribution in [0.2, 0.25) is 0 Å². The summed E-state index contributed by atoms with van der Waals surface area (Å²) in [4.78, 5) is 30.1. The normalized spacial score (nSPS) is 20.0. The van der Waals surface area contributed by atoms with Crippen LogP contribution in [0.25, 0.3) is 0 Å². The molecule has 1 aliphatic rings. The first-order valence-electron chi connectivity index (χ1n) is 7.06. The van der Waals surface area contributed by atoms with Crippen molar-refractivity contribution in [3.05, 3.63) is 0 Å². The maximum Gasteiger partial charge on any atom is 0.418 e. The zero-order chi connectivity index (χ0) is 17.5. The molecule has 134 valence electrons. The molecule has 12 heteroatoms. The fourth-order valence-electron chi connectivity index (χ4n) is 1.98. The fourth-order valence-corrected chi connectivity index (χ4v) is 2.16. The second-order valence-electron chi connectivity index (χ2n) is 5.09. The van der Waals surface area contributed by atoms with Crippen molar-refractivity contribution >= 4 is 22.3 Å². The van der Waals surface area contributed by atoms with Crippen molar-refractivity contribution in [2.45, 2.75) is 38.3 Å². The zero-order valence-electron chi connectivity index (χ0n) is 12.9. The summed E-state index contributed by atoms with van der Waals surface area (Å²) in [5.74, 6) is -0.519. The third-order valence-electron chi connectivity index (χ3n) is 3.30. The number of urea groups is 1. The molecule has 0 aliphatic carbocycles. The number of piperidine rings is 1. The van der Waals surface area contributed by atoms with Gasteiger partial charge in [0.05, 0.1) is 6.61 Å². The van der Waals surface area contributed by atoms with E-state index in [1.807, 2.05) is 6.92 Å². The maximum atomic E-state index is 12.1. The number of likely N-dealkylation sites (N-methyl/N-ethyl adjacent to an activating group) is 1. The summed E-state index contributed by atoms with van der Waals surface area (Å²) in [5, 5.41) is 2.93. The molecule has 0 bridgehead atoms. The van der Waals surface area contributed by atoms with Gasteiger partial charge in [0.1, 0.15) is 6.04 Å². The molecule has 4 N–H and O–H groups in total. The first-order chi connectivity index (χ1) is 10.7. The molecule has 1 fully saturated rings. The van der Waals surface area contributed by atoms with Crippen LogP contribution in [0.1, 0.15) is 26.2 Å². The summed E-state index contributed by atoms with van der Waals surface area (Å²) in [5.41, 5.74) is 3.84. The van der Waals surface area contributed by atoms with Crippen molar-refractivity contribution in [1.82, 2.24) is 21.2 Å². The number of nitrogens with zero attached hydrogens (tertiary/aromatic N) is 1. The van der Waals surface area contributed by atoms with Gasteiger partial charge in [0.15, 0.2) is 0 Å². The number of rotatable bonds is 7. The van der Waals surface area contributed by atoms with E-state index in [2.05, 4.69) is 15.1 Å². The Hall–Kier alpha value is -1.47. The highest BCUT2D eigenvalue weighted by Gasteiger charge is 2.33. The van der Waals surface area contributed by atoms with E-state index in [1.165, 1.54) is 0 Å². The summed E-state index contributed by atoms with van der Waals surface area (Å²) < 4.78 is 33.2. The lowest BCUT2D eigenvalue weighted by atomic mass is 10.0. The van der Waals surface area contributed by atoms with Gasteiger partial charge < -0.3 is 10.2 Å². The molecule has 1 aliphatic heterocycles. The van der Waals surface area contributed by atoms with Crippen LogP contribution < -0.4 is 16.3 Å². The molecule has 0 aromatic heterocycles. The summed E-state index contributed by atoms with van der Waals surface area (Å²) in [6.07, 6.45) is 1.78. The van der Waals surface area contributed by atoms with Gasteiger partial charge in [-0.2, -0.15) is 13.9 Å². The highest BCUT2D eigenvalue weighted by molar-refractivity contribution is 7.80. The molecule has 0 radical (unpaired) electrons. The van der Waals surface area contributed by atoms with Gasteiger partial charge in [-0.05, 0) is 33.2 Å². The van der Waals surface area contributed by atoms with E-state index in [0.717, 1.165) is 11.3 Å². The molecule has 1 saturated heterocycles. The number of nitrogens with one attached hydrogen (secondary N) is 3. The summed E-state index contributed by atoms with van der Waals surface area (Å²) in [7, 11) is -3.06. The Kier molecular flexibility index (Phi) is 7.64. The molecule has 1 heterocycles. The SMILES string of the molecule is CNC(C)CONC(=O)[C@@H]1CCCCN1C(=O)NOS(=O)(=O)O. The standard InChI is InChI=1S/C11H22N4O7S/c1-8(12-2)7-21-13-10(16)9-5-3-4-6-15(9)11(17)14-22-23(18,19)20/h8-9,12H,3-7H2,1-2H3,(H,13,16)(H,14,17)(H,18,19,20)/t8?,9-/m0/s1. The van der Waals surface area contributed by atoms with Crippen molar-refractivity contribution < 1.29 is 31.7 Å². The first kappa shape index (κ1) is 19.6. The molecular formula is C11H22N4O7S. The van der Waals surface area contributed by atoms with E-state index in [0.29, 0.717) is 12.8 Å². The van der Waals surface area contributed by atoms with Gasteiger partial charge in [0.25, 0.3) is 5.91 Å². The molecule has 3 amide bonds. The van der Waals surface area contributed by atoms with Gasteiger partial charge in [-0.25, -0.2) is 10.3 Å². The topological polar surface area (TPSA) is 146 Å². The van der Waals surface area contributed by atoms with Crippen LogP contribution in [0, 0.1) is 0 Å². The third kappa shape index (κ3) is 7.09. The Morgan fingerprint density at radius 1 is 1.35 bits per heavy atom. The molecular weight excluding hydrogens is 332 g/mol. The number of carbonyl (C=O) groups is 2. The Morgan fingerprint density at radius 2 is 2.04 bits per heavy atom. The number of hydrogen-bond acceptors (Lipinski definition) is 7. The lowest BCUT2D eigenvalue weighted by Crippen LogP contribution is -2.55. The van der Waals surface area contributed by atoms with E-state index < -0.39 is 28.4 Å². The average Bonchev–Trinajstić information content (AvgIpc) is 2.51. The minimum absolute atomic E-state index is 0.0317. The molecule has 0 aromatic rings. The minimum Gasteiger partial charge on any atom is -0.315 e. The van der Waals surface area contributed by atoms with Crippen LogP contribution in [0.4, 0.5) is 4.79 Å². The molecule has 0 saturated carbocycles. The smallest absolute Gasteiger partial charge is 0.315 e. The van der Waals surface area contributed by atoms with Gasteiger partial charge in [-0.1, -0.05) is 0 Å². The van der Waals surface area contributed by atoms with E-state index >= 15 is 0 Å². The van der Waals surface area contributed by atoms with Gasteiger partial charge in [0, 0.05) is 12.6 Å². The Bertz CT molecular complexity index is 513. The fraction of sp³-hybridized carbons (Fsp3) is 0.818. The molecule has 1 rings (SSSR count). The van der Waals surface area contributed by atoms with Crippen molar-refractivity contribution in [1.29, 1.82) is 0 Å². The van der Waals surface area contributed by atoms with Crippen LogP contribution in [-0.2, 0) is 24.3 Å². The van der Waals surface area contributed by atoms with Crippen molar-refractivity contribution in [3.63, 3.8) is 0 Å². The van der Waals surface area contributed by atoms with Crippen LogP contribution >= 0.6 is 0 Å². The lowest BCUT2D eigenvalue weighted by molar-refractivity contribution is -0.139. The highest BCUT2D eigenvalue weighted by atomic mass is 32.3. The Morgan fingerprint density at radius 3 is 2.65 bits per heavy atom. The van der Waals surface area contributed by atoms with E-state index in [-0.39, 0.29) is 19.2 Å². The average molecular weight is 354 g/mol. The first-order valence-corrected chi connectivity index (χ1v) is 8.42. The quantitative estimate of drug-likeness (QED) is 0.334.